The highest BCUT2D eigenvalue weighted by Crippen LogP contribution is 2.24. The summed E-state index contributed by atoms with van der Waals surface area (Å²) in [5, 5.41) is 10.9. The average molecular weight is 276 g/mol. The molecule has 0 spiro atoms. The van der Waals surface area contributed by atoms with Crippen LogP contribution in [0.2, 0.25) is 0 Å². The molecule has 0 saturated carbocycles. The largest absolute Gasteiger partial charge is 0.396 e. The number of aromatic nitrogens is 1. The van der Waals surface area contributed by atoms with Crippen LogP contribution in [0.1, 0.15) is 28.5 Å². The quantitative estimate of drug-likeness (QED) is 0.912. The lowest BCUT2D eigenvalue weighted by Crippen LogP contribution is -2.32. The number of nitrogens with zero attached hydrogens (tertiary/aromatic N) is 2. The predicted octanol–water partition coefficient (Wildman–Crippen LogP) is 2.34. The maximum Gasteiger partial charge on any atom is 0.273 e. The Morgan fingerprint density at radius 3 is 2.74 bits per heavy atom. The van der Waals surface area contributed by atoms with Crippen molar-refractivity contribution in [3.8, 4) is 0 Å². The minimum Gasteiger partial charge on any atom is -0.396 e. The van der Waals surface area contributed by atoms with Crippen LogP contribution in [-0.2, 0) is 0 Å². The molecule has 5 heteroatoms. The van der Waals surface area contributed by atoms with E-state index in [0.717, 1.165) is 5.56 Å². The third-order valence-electron chi connectivity index (χ3n) is 3.03. The molecule has 0 fully saturated rings. The first-order valence-corrected chi connectivity index (χ1v) is 6.99. The van der Waals surface area contributed by atoms with Gasteiger partial charge in [-0.2, -0.15) is 0 Å². The number of amides is 1. The van der Waals surface area contributed by atoms with Gasteiger partial charge in [0.1, 0.15) is 5.69 Å². The van der Waals surface area contributed by atoms with Crippen molar-refractivity contribution in [2.45, 2.75) is 12.5 Å². The zero-order valence-corrected chi connectivity index (χ0v) is 11.5. The molecule has 0 aliphatic carbocycles. The topological polar surface area (TPSA) is 53.4 Å². The minimum atomic E-state index is -0.139. The molecule has 1 aromatic heterocycles. The van der Waals surface area contributed by atoms with Crippen LogP contribution in [-0.4, -0.2) is 34.6 Å². The highest BCUT2D eigenvalue weighted by Gasteiger charge is 2.23. The maximum atomic E-state index is 12.3. The highest BCUT2D eigenvalue weighted by atomic mass is 32.1. The average Bonchev–Trinajstić information content (AvgIpc) is 2.98. The van der Waals surface area contributed by atoms with E-state index < -0.39 is 0 Å². The van der Waals surface area contributed by atoms with Crippen molar-refractivity contribution in [3.05, 3.63) is 52.5 Å². The summed E-state index contributed by atoms with van der Waals surface area (Å²) < 4.78 is 0. The number of thiazole rings is 1. The second-order valence-electron chi connectivity index (χ2n) is 4.23. The summed E-state index contributed by atoms with van der Waals surface area (Å²) in [4.78, 5) is 18.0. The van der Waals surface area contributed by atoms with Gasteiger partial charge in [0.25, 0.3) is 5.91 Å². The number of hydrogen-bond donors (Lipinski definition) is 1. The maximum absolute atomic E-state index is 12.3. The molecule has 0 bridgehead atoms. The minimum absolute atomic E-state index is 0.0360. The Hall–Kier alpha value is -1.72. The lowest BCUT2D eigenvalue weighted by atomic mass is 10.0. The number of hydrogen-bond acceptors (Lipinski definition) is 4. The Labute approximate surface area is 116 Å². The van der Waals surface area contributed by atoms with Crippen LogP contribution < -0.4 is 0 Å². The van der Waals surface area contributed by atoms with Crippen molar-refractivity contribution in [2.24, 2.45) is 0 Å². The van der Waals surface area contributed by atoms with Gasteiger partial charge in [0.05, 0.1) is 11.6 Å². The number of carbonyl (C=O) groups is 1. The van der Waals surface area contributed by atoms with E-state index in [-0.39, 0.29) is 18.6 Å². The summed E-state index contributed by atoms with van der Waals surface area (Å²) in [5.74, 6) is -0.122. The molecule has 0 aliphatic rings. The Kier molecular flexibility index (Phi) is 4.65. The molecule has 2 aromatic rings. The van der Waals surface area contributed by atoms with Crippen molar-refractivity contribution >= 4 is 17.2 Å². The van der Waals surface area contributed by atoms with E-state index in [0.29, 0.717) is 12.1 Å². The summed E-state index contributed by atoms with van der Waals surface area (Å²) in [6.45, 7) is 0.0360. The van der Waals surface area contributed by atoms with Crippen LogP contribution in [0.25, 0.3) is 0 Å². The van der Waals surface area contributed by atoms with E-state index in [1.165, 1.54) is 11.3 Å². The second-order valence-corrected chi connectivity index (χ2v) is 4.95. The van der Waals surface area contributed by atoms with Gasteiger partial charge in [-0.25, -0.2) is 4.98 Å². The fourth-order valence-corrected chi connectivity index (χ4v) is 2.55. The van der Waals surface area contributed by atoms with Gasteiger partial charge in [-0.15, -0.1) is 11.3 Å². The van der Waals surface area contributed by atoms with Crippen LogP contribution in [0.5, 0.6) is 0 Å². The molecule has 0 saturated heterocycles. The molecule has 1 atom stereocenters. The van der Waals surface area contributed by atoms with Gasteiger partial charge in [0, 0.05) is 19.0 Å². The van der Waals surface area contributed by atoms with Crippen LogP contribution in [0.3, 0.4) is 0 Å². The van der Waals surface area contributed by atoms with E-state index in [4.69, 9.17) is 0 Å². The van der Waals surface area contributed by atoms with Gasteiger partial charge in [0.2, 0.25) is 0 Å². The highest BCUT2D eigenvalue weighted by molar-refractivity contribution is 7.07. The number of benzene rings is 1. The smallest absolute Gasteiger partial charge is 0.273 e. The first-order valence-electron chi connectivity index (χ1n) is 6.05. The molecule has 1 amide bonds. The third kappa shape index (κ3) is 3.19. The summed E-state index contributed by atoms with van der Waals surface area (Å²) >= 11 is 1.40. The molecule has 1 heterocycles. The van der Waals surface area contributed by atoms with Crippen LogP contribution in [0, 0.1) is 0 Å². The van der Waals surface area contributed by atoms with Crippen molar-refractivity contribution in [1.82, 2.24) is 9.88 Å². The van der Waals surface area contributed by atoms with Crippen molar-refractivity contribution in [1.29, 1.82) is 0 Å². The predicted molar refractivity (Wildman–Crippen MR) is 75.1 cm³/mol. The summed E-state index contributed by atoms with van der Waals surface area (Å²) in [5.41, 5.74) is 3.11. The van der Waals surface area contributed by atoms with Crippen molar-refractivity contribution in [2.75, 3.05) is 13.7 Å². The summed E-state index contributed by atoms with van der Waals surface area (Å²) in [6.07, 6.45) is 0.510. The fourth-order valence-electron chi connectivity index (χ4n) is 2.02. The normalized spacial score (nSPS) is 12.1. The SMILES string of the molecule is CN(C(=O)c1cscn1)C(CCO)c1ccccc1. The van der Waals surface area contributed by atoms with Gasteiger partial charge in [0.15, 0.2) is 0 Å². The fraction of sp³-hybridized carbons (Fsp3) is 0.286. The molecule has 4 nitrogen and oxygen atoms in total. The lowest BCUT2D eigenvalue weighted by molar-refractivity contribution is 0.0700. The van der Waals surface area contributed by atoms with Gasteiger partial charge < -0.3 is 10.0 Å². The third-order valence-corrected chi connectivity index (χ3v) is 3.61. The number of aliphatic hydroxyl groups is 1. The molecular formula is C14H16N2O2S. The molecule has 1 aromatic carbocycles. The van der Waals surface area contributed by atoms with Gasteiger partial charge in [-0.1, -0.05) is 30.3 Å². The van der Waals surface area contributed by atoms with E-state index in [1.54, 1.807) is 22.8 Å². The van der Waals surface area contributed by atoms with Crippen LogP contribution >= 0.6 is 11.3 Å². The Bertz CT molecular complexity index is 514. The van der Waals surface area contributed by atoms with E-state index >= 15 is 0 Å². The first kappa shape index (κ1) is 13.7. The zero-order valence-electron chi connectivity index (χ0n) is 10.7. The van der Waals surface area contributed by atoms with Crippen molar-refractivity contribution < 1.29 is 9.90 Å². The van der Waals surface area contributed by atoms with Gasteiger partial charge in [-0.05, 0) is 12.0 Å². The van der Waals surface area contributed by atoms with Crippen LogP contribution in [0.15, 0.2) is 41.2 Å². The van der Waals surface area contributed by atoms with E-state index in [2.05, 4.69) is 4.98 Å². The Balaban J connectivity index is 2.22. The van der Waals surface area contributed by atoms with Crippen LogP contribution in [0.4, 0.5) is 0 Å². The monoisotopic (exact) mass is 276 g/mol. The van der Waals surface area contributed by atoms with Gasteiger partial charge >= 0.3 is 0 Å². The second kappa shape index (κ2) is 6.45. The van der Waals surface area contributed by atoms with E-state index in [9.17, 15) is 9.90 Å². The van der Waals surface area contributed by atoms with Crippen molar-refractivity contribution in [3.63, 3.8) is 0 Å². The summed E-state index contributed by atoms with van der Waals surface area (Å²) in [6, 6.07) is 9.58. The molecule has 0 aliphatic heterocycles. The molecule has 0 radical (unpaired) electrons. The molecule has 2 rings (SSSR count). The molecule has 1 unspecified atom stereocenters. The molecule has 19 heavy (non-hydrogen) atoms. The first-order chi connectivity index (χ1) is 9.24. The Morgan fingerprint density at radius 1 is 1.42 bits per heavy atom. The number of rotatable bonds is 5. The lowest BCUT2D eigenvalue weighted by Gasteiger charge is -2.27. The molecular weight excluding hydrogens is 260 g/mol. The van der Waals surface area contributed by atoms with Gasteiger partial charge in [-0.3, -0.25) is 4.79 Å². The Morgan fingerprint density at radius 2 is 2.16 bits per heavy atom. The number of carbonyl (C=O) groups excluding carboxylic acids is 1. The number of aliphatic hydroxyl groups excluding tert-OH is 1. The zero-order chi connectivity index (χ0) is 13.7. The molecule has 100 valence electrons. The van der Waals surface area contributed by atoms with E-state index in [1.807, 2.05) is 30.3 Å². The summed E-state index contributed by atoms with van der Waals surface area (Å²) in [7, 11) is 1.75. The standard InChI is InChI=1S/C14H16N2O2S/c1-16(14(18)12-9-19-10-15-12)13(7-8-17)11-5-3-2-4-6-11/h2-6,9-10,13,17H,7-8H2,1H3. The molecule has 1 N–H and O–H groups in total.